The summed E-state index contributed by atoms with van der Waals surface area (Å²) in [5.41, 5.74) is 0. The van der Waals surface area contributed by atoms with Gasteiger partial charge in [-0.05, 0) is 37.3 Å². The monoisotopic (exact) mass is 325 g/mol. The molecule has 0 aliphatic carbocycles. The van der Waals surface area contributed by atoms with Crippen LogP contribution in [0.4, 0.5) is 0 Å². The van der Waals surface area contributed by atoms with Crippen molar-refractivity contribution in [1.29, 1.82) is 0 Å². The van der Waals surface area contributed by atoms with Crippen LogP contribution in [-0.4, -0.2) is 12.5 Å². The maximum absolute atomic E-state index is 11.4. The van der Waals surface area contributed by atoms with Gasteiger partial charge in [0.1, 0.15) is 0 Å². The van der Waals surface area contributed by atoms with Crippen molar-refractivity contribution in [2.45, 2.75) is 46.5 Å². The molecule has 0 aliphatic rings. The highest BCUT2D eigenvalue weighted by Gasteiger charge is 1.95. The summed E-state index contributed by atoms with van der Waals surface area (Å²) < 4.78 is 0. The van der Waals surface area contributed by atoms with Crippen LogP contribution in [-0.2, 0) is 4.79 Å². The number of hydrogen-bond donors (Lipinski definition) is 1. The Bertz CT molecular complexity index is 522. The van der Waals surface area contributed by atoms with Crippen molar-refractivity contribution in [2.24, 2.45) is 5.92 Å². The van der Waals surface area contributed by atoms with E-state index in [4.69, 9.17) is 0 Å². The molecule has 24 heavy (non-hydrogen) atoms. The number of hydrogen-bond acceptors (Lipinski definition) is 1. The van der Waals surface area contributed by atoms with Crippen molar-refractivity contribution in [2.75, 3.05) is 6.54 Å². The second-order valence-corrected chi connectivity index (χ2v) is 5.77. The molecule has 0 bridgehead atoms. The first kappa shape index (κ1) is 21.7. The smallest absolute Gasteiger partial charge is 0.243 e. The summed E-state index contributed by atoms with van der Waals surface area (Å²) in [6, 6.07) is 0. The summed E-state index contributed by atoms with van der Waals surface area (Å²) in [5, 5.41) is 2.84. The number of nitrogens with one attached hydrogen (secondary N) is 1. The van der Waals surface area contributed by atoms with Crippen LogP contribution in [0.3, 0.4) is 0 Å². The zero-order valence-corrected chi connectivity index (χ0v) is 15.3. The molecule has 0 aromatic rings. The van der Waals surface area contributed by atoms with Crippen LogP contribution in [0, 0.1) is 17.8 Å². The van der Waals surface area contributed by atoms with E-state index in [1.165, 1.54) is 0 Å². The topological polar surface area (TPSA) is 29.1 Å². The SMILES string of the molecule is CCCC=CC#CC=CC=CCCC=CC=CC(=O)NCC(C)C. The molecule has 0 saturated carbocycles. The van der Waals surface area contributed by atoms with Gasteiger partial charge in [0, 0.05) is 12.6 Å². The van der Waals surface area contributed by atoms with Gasteiger partial charge in [-0.2, -0.15) is 0 Å². The van der Waals surface area contributed by atoms with Crippen LogP contribution in [0.2, 0.25) is 0 Å². The summed E-state index contributed by atoms with van der Waals surface area (Å²) in [7, 11) is 0. The van der Waals surface area contributed by atoms with Crippen LogP contribution < -0.4 is 5.32 Å². The molecule has 2 heteroatoms. The van der Waals surface area contributed by atoms with Gasteiger partial charge in [0.2, 0.25) is 5.91 Å². The summed E-state index contributed by atoms with van der Waals surface area (Å²) in [4.78, 5) is 11.4. The zero-order valence-electron chi connectivity index (χ0n) is 15.3. The highest BCUT2D eigenvalue weighted by atomic mass is 16.1. The van der Waals surface area contributed by atoms with E-state index in [1.807, 2.05) is 30.4 Å². The molecule has 0 rings (SSSR count). The molecule has 0 aliphatic heterocycles. The standard InChI is InChI=1S/C22H31NO/c1-4-5-6-7-8-9-10-11-12-13-14-15-16-17-18-19-22(24)23-20-21(2)3/h6-7,10-13,16-19,21H,4-5,14-15,20H2,1-3H3,(H,23,24). The predicted octanol–water partition coefficient (Wildman–Crippen LogP) is 5.12. The minimum Gasteiger partial charge on any atom is -0.352 e. The van der Waals surface area contributed by atoms with E-state index < -0.39 is 0 Å². The Morgan fingerprint density at radius 3 is 2.25 bits per heavy atom. The maximum Gasteiger partial charge on any atom is 0.243 e. The van der Waals surface area contributed by atoms with Gasteiger partial charge in [-0.15, -0.1) is 0 Å². The van der Waals surface area contributed by atoms with Gasteiger partial charge < -0.3 is 5.32 Å². The van der Waals surface area contributed by atoms with Gasteiger partial charge in [-0.25, -0.2) is 0 Å². The molecule has 0 saturated heterocycles. The maximum atomic E-state index is 11.4. The number of carbonyl (C=O) groups excluding carboxylic acids is 1. The molecule has 0 atom stereocenters. The van der Waals surface area contributed by atoms with Crippen molar-refractivity contribution in [3.63, 3.8) is 0 Å². The van der Waals surface area contributed by atoms with Gasteiger partial charge in [0.05, 0.1) is 0 Å². The molecule has 0 fully saturated rings. The first-order chi connectivity index (χ1) is 11.7. The molecular formula is C22H31NO. The summed E-state index contributed by atoms with van der Waals surface area (Å²) in [6.07, 6.45) is 23.4. The molecule has 2 nitrogen and oxygen atoms in total. The Morgan fingerprint density at radius 1 is 0.917 bits per heavy atom. The van der Waals surface area contributed by atoms with Gasteiger partial charge in [-0.1, -0.05) is 81.6 Å². The number of allylic oxidation sites excluding steroid dienone is 9. The summed E-state index contributed by atoms with van der Waals surface area (Å²) >= 11 is 0. The minimum absolute atomic E-state index is 0.0379. The van der Waals surface area contributed by atoms with E-state index in [0.717, 1.165) is 25.7 Å². The van der Waals surface area contributed by atoms with Crippen LogP contribution in [0.1, 0.15) is 46.5 Å². The van der Waals surface area contributed by atoms with Crippen LogP contribution in [0.25, 0.3) is 0 Å². The molecular weight excluding hydrogens is 294 g/mol. The molecule has 0 unspecified atom stereocenters. The zero-order chi connectivity index (χ0) is 17.9. The molecule has 1 N–H and O–H groups in total. The van der Waals surface area contributed by atoms with Crippen molar-refractivity contribution in [1.82, 2.24) is 5.32 Å². The fraction of sp³-hybridized carbons (Fsp3) is 0.409. The largest absolute Gasteiger partial charge is 0.352 e. The number of unbranched alkanes of at least 4 members (excludes halogenated alkanes) is 2. The lowest BCUT2D eigenvalue weighted by Crippen LogP contribution is -2.25. The highest BCUT2D eigenvalue weighted by Crippen LogP contribution is 1.94. The number of rotatable bonds is 10. The van der Waals surface area contributed by atoms with E-state index in [1.54, 1.807) is 12.2 Å². The van der Waals surface area contributed by atoms with Gasteiger partial charge >= 0.3 is 0 Å². The summed E-state index contributed by atoms with van der Waals surface area (Å²) in [6.45, 7) is 7.01. The lowest BCUT2D eigenvalue weighted by atomic mass is 10.2. The average molecular weight is 325 g/mol. The van der Waals surface area contributed by atoms with Crippen LogP contribution >= 0.6 is 0 Å². The fourth-order valence-corrected chi connectivity index (χ4v) is 1.56. The fourth-order valence-electron chi connectivity index (χ4n) is 1.56. The molecule has 0 spiro atoms. The normalized spacial score (nSPS) is 12.2. The van der Waals surface area contributed by atoms with Crippen molar-refractivity contribution >= 4 is 5.91 Å². The molecule has 0 aromatic heterocycles. The Morgan fingerprint density at radius 2 is 1.58 bits per heavy atom. The third-order valence-corrected chi connectivity index (χ3v) is 2.85. The Hall–Kier alpha value is -2.27. The quantitative estimate of drug-likeness (QED) is 0.257. The van der Waals surface area contributed by atoms with Gasteiger partial charge in [0.25, 0.3) is 0 Å². The van der Waals surface area contributed by atoms with E-state index >= 15 is 0 Å². The number of carbonyl (C=O) groups is 1. The molecule has 0 radical (unpaired) electrons. The van der Waals surface area contributed by atoms with E-state index in [0.29, 0.717) is 12.5 Å². The van der Waals surface area contributed by atoms with Crippen molar-refractivity contribution in [3.05, 3.63) is 60.8 Å². The lowest BCUT2D eigenvalue weighted by Gasteiger charge is -2.03. The van der Waals surface area contributed by atoms with E-state index in [9.17, 15) is 4.79 Å². The van der Waals surface area contributed by atoms with Crippen molar-refractivity contribution < 1.29 is 4.79 Å². The number of amides is 1. The second-order valence-electron chi connectivity index (χ2n) is 5.77. The average Bonchev–Trinajstić information content (AvgIpc) is 2.56. The highest BCUT2D eigenvalue weighted by molar-refractivity contribution is 5.87. The molecule has 0 aromatic carbocycles. The minimum atomic E-state index is -0.0379. The van der Waals surface area contributed by atoms with E-state index in [-0.39, 0.29) is 5.91 Å². The second kappa shape index (κ2) is 17.1. The van der Waals surface area contributed by atoms with Crippen LogP contribution in [0.5, 0.6) is 0 Å². The molecule has 130 valence electrons. The lowest BCUT2D eigenvalue weighted by molar-refractivity contribution is -0.116. The molecule has 0 heterocycles. The Labute approximate surface area is 148 Å². The van der Waals surface area contributed by atoms with Crippen LogP contribution in [0.15, 0.2) is 60.8 Å². The Kier molecular flexibility index (Phi) is 15.5. The third kappa shape index (κ3) is 17.8. The predicted molar refractivity (Wildman–Crippen MR) is 105 cm³/mol. The summed E-state index contributed by atoms with van der Waals surface area (Å²) in [5.74, 6) is 6.36. The Balaban J connectivity index is 3.75. The van der Waals surface area contributed by atoms with Gasteiger partial charge in [-0.3, -0.25) is 4.79 Å². The first-order valence-corrected chi connectivity index (χ1v) is 8.75. The van der Waals surface area contributed by atoms with E-state index in [2.05, 4.69) is 56.2 Å². The first-order valence-electron chi connectivity index (χ1n) is 8.75. The van der Waals surface area contributed by atoms with Gasteiger partial charge in [0.15, 0.2) is 0 Å². The molecule has 1 amide bonds. The third-order valence-electron chi connectivity index (χ3n) is 2.85. The van der Waals surface area contributed by atoms with Crippen molar-refractivity contribution in [3.8, 4) is 11.8 Å².